The molecule has 0 unspecified atom stereocenters. The zero-order valence-corrected chi connectivity index (χ0v) is 24.9. The Hall–Kier alpha value is -2.89. The minimum atomic E-state index is -0.248. The number of thiocarbonyl (C=S) groups is 1. The monoisotopic (exact) mass is 562 g/mol. The van der Waals surface area contributed by atoms with Crippen LogP contribution in [-0.2, 0) is 17.8 Å². The van der Waals surface area contributed by atoms with Crippen LogP contribution in [0.1, 0.15) is 74.6 Å². The average Bonchev–Trinajstić information content (AvgIpc) is 3.20. The Bertz CT molecular complexity index is 1340. The van der Waals surface area contributed by atoms with Gasteiger partial charge in [-0.25, -0.2) is 0 Å². The van der Waals surface area contributed by atoms with E-state index >= 15 is 0 Å². The van der Waals surface area contributed by atoms with Crippen molar-refractivity contribution in [3.05, 3.63) is 67.8 Å². The van der Waals surface area contributed by atoms with Crippen molar-refractivity contribution in [2.45, 2.75) is 72.3 Å². The molecule has 4 rings (SSSR count). The number of unbranched alkanes of at least 4 members (excludes halogenated alkanes) is 2. The van der Waals surface area contributed by atoms with Crippen LogP contribution in [0.3, 0.4) is 0 Å². The predicted molar refractivity (Wildman–Crippen MR) is 165 cm³/mol. The number of benzene rings is 1. The van der Waals surface area contributed by atoms with Gasteiger partial charge in [-0.1, -0.05) is 81.0 Å². The molecule has 0 bridgehead atoms. The fourth-order valence-corrected chi connectivity index (χ4v) is 6.85. The summed E-state index contributed by atoms with van der Waals surface area (Å²) in [5, 5.41) is 9.91. The molecule has 2 aliphatic heterocycles. The van der Waals surface area contributed by atoms with Crippen LogP contribution in [0.15, 0.2) is 40.0 Å². The van der Waals surface area contributed by atoms with Gasteiger partial charge in [-0.05, 0) is 62.1 Å². The smallest absolute Gasteiger partial charge is 0.270 e. The maximum Gasteiger partial charge on any atom is 0.270 e. The van der Waals surface area contributed by atoms with Gasteiger partial charge in [-0.3, -0.25) is 19.1 Å². The van der Waals surface area contributed by atoms with Gasteiger partial charge in [-0.15, -0.1) is 0 Å². The number of rotatable bonds is 10. The Balaban J connectivity index is 1.70. The third-order valence-electron chi connectivity index (χ3n) is 7.71. The molecule has 1 amide bonds. The van der Waals surface area contributed by atoms with Gasteiger partial charge in [-0.2, -0.15) is 5.26 Å². The molecule has 0 atom stereocenters. The summed E-state index contributed by atoms with van der Waals surface area (Å²) in [4.78, 5) is 31.4. The lowest BCUT2D eigenvalue weighted by Crippen LogP contribution is -2.40. The Morgan fingerprint density at radius 3 is 2.44 bits per heavy atom. The van der Waals surface area contributed by atoms with Crippen molar-refractivity contribution in [2.75, 3.05) is 24.5 Å². The Kier molecular flexibility index (Phi) is 10.0. The third kappa shape index (κ3) is 6.47. The first-order chi connectivity index (χ1) is 18.9. The number of piperidine rings is 1. The van der Waals surface area contributed by atoms with Gasteiger partial charge in [0.25, 0.3) is 11.5 Å². The highest BCUT2D eigenvalue weighted by Gasteiger charge is 2.33. The number of carbonyl (C=O) groups is 1. The average molecular weight is 563 g/mol. The van der Waals surface area contributed by atoms with Crippen molar-refractivity contribution >= 4 is 46.1 Å². The third-order valence-corrected chi connectivity index (χ3v) is 9.09. The van der Waals surface area contributed by atoms with E-state index in [9.17, 15) is 14.9 Å². The van der Waals surface area contributed by atoms with E-state index < -0.39 is 0 Å². The summed E-state index contributed by atoms with van der Waals surface area (Å²) < 4.78 is 2.34. The standard InChI is InChI=1S/C31H38N4O2S2/c1-4-6-10-16-35-30(37)27(39-31(35)38)20-25-22(3)26(21-32)29(36)34(15-5-2)28(25)33-17-13-24(14-18-33)19-23-11-8-7-9-12-23/h7-9,11-12,20,24H,4-6,10,13-19H2,1-3H3. The number of carbonyl (C=O) groups excluding carboxylic acids is 1. The number of thioether (sulfide) groups is 1. The fourth-order valence-electron chi connectivity index (χ4n) is 5.56. The molecule has 3 heterocycles. The lowest BCUT2D eigenvalue weighted by atomic mass is 9.90. The number of amides is 1. The van der Waals surface area contributed by atoms with Crippen LogP contribution in [0.2, 0.25) is 0 Å². The second kappa shape index (κ2) is 13.5. The molecule has 2 aromatic rings. The summed E-state index contributed by atoms with van der Waals surface area (Å²) in [6.45, 7) is 8.79. The van der Waals surface area contributed by atoms with Crippen molar-refractivity contribution in [3.63, 3.8) is 0 Å². The van der Waals surface area contributed by atoms with Gasteiger partial charge in [0.2, 0.25) is 0 Å². The number of hydrogen-bond donors (Lipinski definition) is 0. The van der Waals surface area contributed by atoms with Gasteiger partial charge in [0.1, 0.15) is 21.8 Å². The van der Waals surface area contributed by atoms with Crippen LogP contribution >= 0.6 is 24.0 Å². The molecule has 206 valence electrons. The number of hydrogen-bond acceptors (Lipinski definition) is 6. The first kappa shape index (κ1) is 29.1. The van der Waals surface area contributed by atoms with Crippen LogP contribution in [0.4, 0.5) is 5.82 Å². The van der Waals surface area contributed by atoms with Gasteiger partial charge >= 0.3 is 0 Å². The normalized spacial score (nSPS) is 17.3. The van der Waals surface area contributed by atoms with Crippen molar-refractivity contribution in [1.82, 2.24) is 9.47 Å². The van der Waals surface area contributed by atoms with E-state index in [0.717, 1.165) is 69.4 Å². The van der Waals surface area contributed by atoms with Crippen LogP contribution in [0.5, 0.6) is 0 Å². The lowest BCUT2D eigenvalue weighted by molar-refractivity contribution is -0.122. The minimum Gasteiger partial charge on any atom is -0.357 e. The number of anilines is 1. The highest BCUT2D eigenvalue weighted by atomic mass is 32.2. The van der Waals surface area contributed by atoms with Gasteiger partial charge in [0.05, 0.1) is 4.91 Å². The van der Waals surface area contributed by atoms with Crippen molar-refractivity contribution in [2.24, 2.45) is 5.92 Å². The first-order valence-electron chi connectivity index (χ1n) is 14.1. The highest BCUT2D eigenvalue weighted by Crippen LogP contribution is 2.37. The maximum absolute atomic E-state index is 13.5. The molecular formula is C31H38N4O2S2. The zero-order valence-electron chi connectivity index (χ0n) is 23.2. The van der Waals surface area contributed by atoms with Gasteiger partial charge in [0, 0.05) is 31.7 Å². The number of pyridine rings is 1. The lowest BCUT2D eigenvalue weighted by Gasteiger charge is -2.36. The molecule has 2 saturated heterocycles. The molecule has 8 heteroatoms. The first-order valence-corrected chi connectivity index (χ1v) is 15.3. The Labute approximate surface area is 241 Å². The number of nitrogens with zero attached hydrogens (tertiary/aromatic N) is 4. The Morgan fingerprint density at radius 1 is 1.08 bits per heavy atom. The molecule has 1 aromatic carbocycles. The summed E-state index contributed by atoms with van der Waals surface area (Å²) in [5.41, 5.74) is 2.68. The van der Waals surface area contributed by atoms with Crippen LogP contribution in [-0.4, -0.2) is 39.3 Å². The molecular weight excluding hydrogens is 525 g/mol. The van der Waals surface area contributed by atoms with Crippen molar-refractivity contribution in [1.29, 1.82) is 5.26 Å². The molecule has 0 saturated carbocycles. The molecule has 0 aliphatic carbocycles. The molecule has 2 fully saturated rings. The summed E-state index contributed by atoms with van der Waals surface area (Å²) in [7, 11) is 0. The molecule has 0 radical (unpaired) electrons. The second-order valence-corrected chi connectivity index (χ2v) is 12.1. The van der Waals surface area contributed by atoms with Crippen molar-refractivity contribution < 1.29 is 4.79 Å². The van der Waals surface area contributed by atoms with E-state index in [2.05, 4.69) is 42.2 Å². The molecule has 39 heavy (non-hydrogen) atoms. The van der Waals surface area contributed by atoms with Gasteiger partial charge < -0.3 is 4.90 Å². The summed E-state index contributed by atoms with van der Waals surface area (Å²) in [6.07, 6.45) is 8.78. The highest BCUT2D eigenvalue weighted by molar-refractivity contribution is 8.26. The molecule has 1 aromatic heterocycles. The van der Waals surface area contributed by atoms with E-state index in [4.69, 9.17) is 12.2 Å². The minimum absolute atomic E-state index is 0.0835. The van der Waals surface area contributed by atoms with Crippen LogP contribution < -0.4 is 10.5 Å². The topological polar surface area (TPSA) is 69.3 Å². The predicted octanol–water partition coefficient (Wildman–Crippen LogP) is 6.29. The van der Waals surface area contributed by atoms with E-state index in [-0.39, 0.29) is 17.0 Å². The number of nitriles is 1. The number of aromatic nitrogens is 1. The van der Waals surface area contributed by atoms with E-state index in [1.807, 2.05) is 26.0 Å². The molecule has 2 aliphatic rings. The largest absolute Gasteiger partial charge is 0.357 e. The second-order valence-electron chi connectivity index (χ2n) is 10.5. The molecule has 0 spiro atoms. The van der Waals surface area contributed by atoms with Crippen molar-refractivity contribution in [3.8, 4) is 6.07 Å². The summed E-state index contributed by atoms with van der Waals surface area (Å²) in [6, 6.07) is 12.7. The maximum atomic E-state index is 13.5. The van der Waals surface area contributed by atoms with Gasteiger partial charge in [0.15, 0.2) is 0 Å². The molecule has 0 N–H and O–H groups in total. The van der Waals surface area contributed by atoms with Crippen LogP contribution in [0, 0.1) is 24.2 Å². The van der Waals surface area contributed by atoms with Crippen LogP contribution in [0.25, 0.3) is 6.08 Å². The summed E-state index contributed by atoms with van der Waals surface area (Å²) >= 11 is 6.88. The van der Waals surface area contributed by atoms with E-state index in [1.165, 1.54) is 17.3 Å². The van der Waals surface area contributed by atoms with E-state index in [0.29, 0.717) is 33.8 Å². The Morgan fingerprint density at radius 2 is 1.79 bits per heavy atom. The van der Waals surface area contributed by atoms with E-state index in [1.54, 1.807) is 9.47 Å². The fraction of sp³-hybridized carbons (Fsp3) is 0.484. The summed E-state index contributed by atoms with van der Waals surface area (Å²) in [5.74, 6) is 1.32. The molecule has 6 nitrogen and oxygen atoms in total. The quantitative estimate of drug-likeness (QED) is 0.193. The SMILES string of the molecule is CCCCCN1C(=O)C(=Cc2c(C)c(C#N)c(=O)n(CCC)c2N2CCC(Cc3ccccc3)CC2)SC1=S. The zero-order chi connectivity index (χ0) is 27.9.